The minimum Gasteiger partial charge on any atom is -0.476 e. The maximum Gasteiger partial charge on any atom is 0.417 e. The van der Waals surface area contributed by atoms with Gasteiger partial charge in [-0.15, -0.1) is 0 Å². The van der Waals surface area contributed by atoms with Crippen molar-refractivity contribution in [3.8, 4) is 11.5 Å². The normalized spacial score (nSPS) is 20.7. The Morgan fingerprint density at radius 2 is 1.05 bits per heavy atom. The fourth-order valence-corrected chi connectivity index (χ4v) is 11.5. The number of carbonyl (C=O) groups is 4. The Morgan fingerprint density at radius 1 is 0.620 bits per heavy atom. The first-order valence-electron chi connectivity index (χ1n) is 27.6. The summed E-state index contributed by atoms with van der Waals surface area (Å²) in [6.45, 7) is 7.69. The topological polar surface area (TPSA) is 127 Å². The summed E-state index contributed by atoms with van der Waals surface area (Å²) in [5.41, 5.74) is -3.11. The predicted molar refractivity (Wildman–Crippen MR) is 291 cm³/mol. The third-order valence-electron chi connectivity index (χ3n) is 15.7. The van der Waals surface area contributed by atoms with E-state index in [-0.39, 0.29) is 71.7 Å². The molecular formula is C61H76F6N4O8. The molecule has 0 saturated heterocycles. The average Bonchev–Trinajstić information content (AvgIpc) is 3.61. The van der Waals surface area contributed by atoms with Crippen LogP contribution in [0, 0.1) is 11.8 Å². The number of unbranched alkanes of at least 4 members (excludes halogenated alkanes) is 2. The molecule has 8 rings (SSSR count). The van der Waals surface area contributed by atoms with E-state index in [1.54, 1.807) is 21.3 Å². The summed E-state index contributed by atoms with van der Waals surface area (Å²) in [5.74, 6) is -2.06. The van der Waals surface area contributed by atoms with Crippen LogP contribution in [0.3, 0.4) is 0 Å². The number of alkyl halides is 6. The standard InChI is InChI=1S/C31H39F3N2O4.C30H37F3N2O4/c1-30(2)29(38)36(16-10-11-17-39-4)26-19-23(24(31(32,33)34)20-27(26)40-30)28(37)35(3)25-15-9-8-14-22(25)18-21-12-6-5-7-13-21;1-29(2)28(37)35(15-9-10-16-38-3)25-18-22(23(30(31,32)33)19-26(25)39-29)27(36)34-24-14-8-7-13-21(24)17-20-11-5-4-6-12-20/h5-7,12-13,19-20,22,25H,8-11,14-18H2,1-4H3;4-6,11-12,18-19,21,24H,7-10,13-17H2,1-3H3,(H,34,36)/t22-,25?;21-,24?/m11/s1. The number of benzene rings is 4. The largest absolute Gasteiger partial charge is 0.476 e. The molecule has 0 aromatic heterocycles. The predicted octanol–water partition coefficient (Wildman–Crippen LogP) is 12.7. The molecule has 4 aromatic rings. The van der Waals surface area contributed by atoms with Gasteiger partial charge in [0.2, 0.25) is 0 Å². The van der Waals surface area contributed by atoms with Gasteiger partial charge in [0.15, 0.2) is 11.2 Å². The van der Waals surface area contributed by atoms with Crippen molar-refractivity contribution in [2.75, 3.05) is 57.4 Å². The summed E-state index contributed by atoms with van der Waals surface area (Å²) < 4.78 is 108. The Balaban J connectivity index is 0.000000229. The van der Waals surface area contributed by atoms with Gasteiger partial charge in [-0.3, -0.25) is 19.2 Å². The maximum absolute atomic E-state index is 14.4. The van der Waals surface area contributed by atoms with Crippen molar-refractivity contribution < 1.29 is 64.5 Å². The van der Waals surface area contributed by atoms with E-state index >= 15 is 0 Å². The van der Waals surface area contributed by atoms with E-state index in [9.17, 15) is 45.5 Å². The van der Waals surface area contributed by atoms with Crippen LogP contribution in [-0.2, 0) is 44.3 Å². The van der Waals surface area contributed by atoms with Gasteiger partial charge in [0, 0.05) is 59.7 Å². The highest BCUT2D eigenvalue weighted by atomic mass is 19.4. The van der Waals surface area contributed by atoms with Crippen LogP contribution in [0.4, 0.5) is 37.7 Å². The molecule has 4 aromatic carbocycles. The third kappa shape index (κ3) is 14.8. The minimum absolute atomic E-state index is 0.0532. The van der Waals surface area contributed by atoms with E-state index in [1.165, 1.54) is 54.5 Å². The molecule has 2 saturated carbocycles. The van der Waals surface area contributed by atoms with E-state index in [2.05, 4.69) is 5.32 Å². The zero-order chi connectivity index (χ0) is 57.3. The molecule has 4 aliphatic rings. The Morgan fingerprint density at radius 3 is 1.53 bits per heavy atom. The number of hydrogen-bond donors (Lipinski definition) is 1. The summed E-state index contributed by atoms with van der Waals surface area (Å²) in [4.78, 5) is 58.3. The van der Waals surface area contributed by atoms with Crippen molar-refractivity contribution in [3.05, 3.63) is 118 Å². The van der Waals surface area contributed by atoms with Crippen molar-refractivity contribution in [1.29, 1.82) is 0 Å². The van der Waals surface area contributed by atoms with Gasteiger partial charge in [0.05, 0.1) is 33.6 Å². The molecule has 79 heavy (non-hydrogen) atoms. The number of hydrogen-bond acceptors (Lipinski definition) is 8. The fraction of sp³-hybridized carbons (Fsp3) is 0.541. The first-order chi connectivity index (χ1) is 37.4. The molecule has 12 nitrogen and oxygen atoms in total. The molecule has 2 aliphatic carbocycles. The van der Waals surface area contributed by atoms with Crippen molar-refractivity contribution in [2.45, 2.75) is 153 Å². The lowest BCUT2D eigenvalue weighted by molar-refractivity contribution is -0.139. The summed E-state index contributed by atoms with van der Waals surface area (Å²) in [6.07, 6.45) is 1.55. The lowest BCUT2D eigenvalue weighted by Crippen LogP contribution is -2.53. The summed E-state index contributed by atoms with van der Waals surface area (Å²) in [6, 6.07) is 23.6. The second-order valence-corrected chi connectivity index (χ2v) is 22.3. The number of fused-ring (bicyclic) bond motifs is 2. The highest BCUT2D eigenvalue weighted by Crippen LogP contribution is 2.47. The van der Waals surface area contributed by atoms with Gasteiger partial charge in [-0.05, 0) is 139 Å². The molecule has 0 bridgehead atoms. The van der Waals surface area contributed by atoms with Gasteiger partial charge in [0.1, 0.15) is 11.5 Å². The highest BCUT2D eigenvalue weighted by molar-refractivity contribution is 6.06. The van der Waals surface area contributed by atoms with Crippen molar-refractivity contribution in [3.63, 3.8) is 0 Å². The summed E-state index contributed by atoms with van der Waals surface area (Å²) >= 11 is 0. The van der Waals surface area contributed by atoms with Crippen LogP contribution in [0.5, 0.6) is 11.5 Å². The molecule has 4 amide bonds. The minimum atomic E-state index is -4.78. The molecule has 2 unspecified atom stereocenters. The van der Waals surface area contributed by atoms with E-state index < -0.39 is 57.6 Å². The number of amides is 4. The van der Waals surface area contributed by atoms with Crippen molar-refractivity contribution in [2.24, 2.45) is 11.8 Å². The first-order valence-corrected chi connectivity index (χ1v) is 27.6. The molecule has 0 radical (unpaired) electrons. The third-order valence-corrected chi connectivity index (χ3v) is 15.7. The lowest BCUT2D eigenvalue weighted by atomic mass is 9.79. The molecule has 4 atom stereocenters. The van der Waals surface area contributed by atoms with Crippen LogP contribution >= 0.6 is 0 Å². The zero-order valence-electron chi connectivity index (χ0n) is 46.5. The molecule has 2 fully saturated rings. The maximum atomic E-state index is 14.4. The van der Waals surface area contributed by atoms with Crippen LogP contribution in [0.25, 0.3) is 0 Å². The lowest BCUT2D eigenvalue weighted by Gasteiger charge is -2.40. The Hall–Kier alpha value is -6.14. The van der Waals surface area contributed by atoms with Gasteiger partial charge in [0.25, 0.3) is 23.6 Å². The van der Waals surface area contributed by atoms with Crippen LogP contribution in [-0.4, -0.2) is 99.4 Å². The molecule has 430 valence electrons. The average molecular weight is 1110 g/mol. The molecule has 18 heteroatoms. The number of carbonyl (C=O) groups excluding carboxylic acids is 4. The van der Waals surface area contributed by atoms with Gasteiger partial charge < -0.3 is 39.0 Å². The fourth-order valence-electron chi connectivity index (χ4n) is 11.5. The second-order valence-electron chi connectivity index (χ2n) is 22.3. The van der Waals surface area contributed by atoms with E-state index in [1.807, 2.05) is 60.7 Å². The van der Waals surface area contributed by atoms with Crippen molar-refractivity contribution in [1.82, 2.24) is 10.2 Å². The van der Waals surface area contributed by atoms with E-state index in [0.29, 0.717) is 45.3 Å². The van der Waals surface area contributed by atoms with E-state index in [4.69, 9.17) is 18.9 Å². The molecular weight excluding hydrogens is 1030 g/mol. The van der Waals surface area contributed by atoms with Gasteiger partial charge in [-0.2, -0.15) is 26.3 Å². The number of rotatable bonds is 18. The monoisotopic (exact) mass is 1110 g/mol. The number of methoxy groups -OCH3 is 2. The van der Waals surface area contributed by atoms with Crippen LogP contribution in [0.1, 0.15) is 148 Å². The van der Waals surface area contributed by atoms with Gasteiger partial charge in [-0.25, -0.2) is 0 Å². The number of ether oxygens (including phenoxy) is 4. The number of nitrogens with zero attached hydrogens (tertiary/aromatic N) is 3. The SMILES string of the molecule is COCCCCN1C(=O)C(C)(C)Oc2cc(C(F)(F)F)c(C(=O)N(C)C3CCCC[C@@H]3Cc3ccccc3)cc21.COCCCCN1C(=O)C(C)(C)Oc2cc(C(F)(F)F)c(C(=O)NC3CCCC[C@@H]3Cc3ccccc3)cc21. The van der Waals surface area contributed by atoms with Crippen LogP contribution < -0.4 is 24.6 Å². The van der Waals surface area contributed by atoms with Gasteiger partial charge in [-0.1, -0.05) is 86.3 Å². The highest BCUT2D eigenvalue weighted by Gasteiger charge is 2.47. The molecule has 2 aliphatic heterocycles. The Kier molecular flexibility index (Phi) is 19.9. The second kappa shape index (κ2) is 26.0. The van der Waals surface area contributed by atoms with Gasteiger partial charge >= 0.3 is 12.4 Å². The zero-order valence-corrected chi connectivity index (χ0v) is 46.5. The molecule has 0 spiro atoms. The summed E-state index contributed by atoms with van der Waals surface area (Å²) in [5, 5.41) is 2.93. The summed E-state index contributed by atoms with van der Waals surface area (Å²) in [7, 11) is 4.77. The van der Waals surface area contributed by atoms with Crippen LogP contribution in [0.2, 0.25) is 0 Å². The number of nitrogens with one attached hydrogen (secondary N) is 1. The van der Waals surface area contributed by atoms with Crippen LogP contribution in [0.15, 0.2) is 84.9 Å². The number of halogens is 6. The smallest absolute Gasteiger partial charge is 0.417 e. The molecule has 2 heterocycles. The Labute approximate surface area is 460 Å². The first kappa shape index (κ1) is 60.5. The molecule has 1 N–H and O–H groups in total. The van der Waals surface area contributed by atoms with E-state index in [0.717, 1.165) is 81.0 Å². The Bertz CT molecular complexity index is 2740. The quantitative estimate of drug-likeness (QED) is 0.0771. The number of anilines is 2. The van der Waals surface area contributed by atoms with Crippen molar-refractivity contribution >= 4 is 35.0 Å².